The van der Waals surface area contributed by atoms with Crippen LogP contribution in [0, 0.1) is 5.82 Å². The van der Waals surface area contributed by atoms with Crippen LogP contribution in [0.4, 0.5) is 4.39 Å². The lowest BCUT2D eigenvalue weighted by atomic mass is 10.0. The highest BCUT2D eigenvalue weighted by Gasteiger charge is 2.12. The van der Waals surface area contributed by atoms with Crippen LogP contribution in [0.2, 0.25) is 0 Å². The van der Waals surface area contributed by atoms with E-state index in [4.69, 9.17) is 0 Å². The smallest absolute Gasteiger partial charge is 0.252 e. The fourth-order valence-electron chi connectivity index (χ4n) is 1.91. The summed E-state index contributed by atoms with van der Waals surface area (Å²) < 4.78 is 13.6. The molecule has 2 aromatic carbocycles. The maximum absolute atomic E-state index is 13.6. The van der Waals surface area contributed by atoms with E-state index in [1.54, 1.807) is 24.3 Å². The molecule has 0 aliphatic rings. The topological polar surface area (TPSA) is 49.3 Å². The lowest BCUT2D eigenvalue weighted by molar-refractivity contribution is 0.0915. The molecule has 1 atom stereocenters. The Bertz CT molecular complexity index is 598. The molecule has 4 heteroatoms. The molecule has 0 aliphatic carbocycles. The normalized spacial score (nSPS) is 12.4. The molecule has 0 saturated carbocycles. The monoisotopic (exact) mass is 261 g/mol. The molecule has 2 aromatic rings. The van der Waals surface area contributed by atoms with Crippen molar-refractivity contribution < 1.29 is 14.3 Å². The molecule has 2 rings (SSSR count). The fraction of sp³-hybridized carbons (Fsp3) is 0.267. The number of nitrogens with one attached hydrogen (secondary N) is 1. The number of hydrogen-bond donors (Lipinski definition) is 2. The van der Waals surface area contributed by atoms with Gasteiger partial charge in [0, 0.05) is 17.5 Å². The summed E-state index contributed by atoms with van der Waals surface area (Å²) in [6.07, 6.45) is 0.0143. The van der Waals surface area contributed by atoms with Gasteiger partial charge < -0.3 is 10.4 Å². The summed E-state index contributed by atoms with van der Waals surface area (Å²) in [5.41, 5.74) is 0.417. The van der Waals surface area contributed by atoms with Crippen LogP contribution in [0.5, 0.6) is 0 Å². The van der Waals surface area contributed by atoms with Crippen LogP contribution in [-0.2, 0) is 0 Å². The second-order valence-electron chi connectivity index (χ2n) is 4.41. The molecule has 2 N–H and O–H groups in total. The van der Waals surface area contributed by atoms with Gasteiger partial charge in [0.25, 0.3) is 5.91 Å². The molecule has 0 fully saturated rings. The minimum absolute atomic E-state index is 0.195. The lowest BCUT2D eigenvalue weighted by Crippen LogP contribution is -2.31. The second kappa shape index (κ2) is 5.80. The third kappa shape index (κ3) is 2.90. The molecule has 0 aliphatic heterocycles. The Kier molecular flexibility index (Phi) is 4.12. The van der Waals surface area contributed by atoms with Crippen molar-refractivity contribution in [2.24, 2.45) is 0 Å². The van der Waals surface area contributed by atoms with Crippen LogP contribution < -0.4 is 5.32 Å². The number of amides is 1. The van der Waals surface area contributed by atoms with E-state index >= 15 is 0 Å². The number of carbonyl (C=O) groups excluding carboxylic acids is 1. The number of hydrogen-bond acceptors (Lipinski definition) is 2. The van der Waals surface area contributed by atoms with Gasteiger partial charge in [0.2, 0.25) is 0 Å². The first kappa shape index (κ1) is 13.5. The van der Waals surface area contributed by atoms with Gasteiger partial charge in [0.15, 0.2) is 0 Å². The molecule has 1 amide bonds. The summed E-state index contributed by atoms with van der Waals surface area (Å²) in [6, 6.07) is 9.60. The summed E-state index contributed by atoms with van der Waals surface area (Å²) >= 11 is 0. The Balaban J connectivity index is 2.30. The van der Waals surface area contributed by atoms with Gasteiger partial charge in [0.1, 0.15) is 5.82 Å². The first-order valence-corrected chi connectivity index (χ1v) is 6.27. The fourth-order valence-corrected chi connectivity index (χ4v) is 1.91. The van der Waals surface area contributed by atoms with E-state index in [1.165, 1.54) is 12.1 Å². The third-order valence-electron chi connectivity index (χ3n) is 3.08. The van der Waals surface area contributed by atoms with E-state index in [9.17, 15) is 14.3 Å². The number of fused-ring (bicyclic) bond motifs is 1. The van der Waals surface area contributed by atoms with Crippen LogP contribution in [0.15, 0.2) is 36.4 Å². The SMILES string of the molecule is CCC(O)CNC(=O)c1ccc(F)c2ccccc12. The van der Waals surface area contributed by atoms with Gasteiger partial charge in [-0.25, -0.2) is 4.39 Å². The van der Waals surface area contributed by atoms with Crippen molar-refractivity contribution in [2.75, 3.05) is 6.54 Å². The van der Waals surface area contributed by atoms with Crippen molar-refractivity contribution in [2.45, 2.75) is 19.4 Å². The van der Waals surface area contributed by atoms with Gasteiger partial charge in [-0.15, -0.1) is 0 Å². The molecule has 19 heavy (non-hydrogen) atoms. The summed E-state index contributed by atoms with van der Waals surface area (Å²) in [5.74, 6) is -0.649. The highest BCUT2D eigenvalue weighted by Crippen LogP contribution is 2.21. The molecule has 0 heterocycles. The van der Waals surface area contributed by atoms with Crippen molar-refractivity contribution in [3.05, 3.63) is 47.8 Å². The number of carbonyl (C=O) groups is 1. The largest absolute Gasteiger partial charge is 0.391 e. The van der Waals surface area contributed by atoms with Gasteiger partial charge in [-0.1, -0.05) is 31.2 Å². The minimum atomic E-state index is -0.560. The van der Waals surface area contributed by atoms with E-state index in [0.717, 1.165) is 0 Å². The summed E-state index contributed by atoms with van der Waals surface area (Å²) in [5, 5.41) is 13.1. The van der Waals surface area contributed by atoms with E-state index in [-0.39, 0.29) is 18.3 Å². The molecular formula is C15H16FNO2. The van der Waals surface area contributed by atoms with Crippen molar-refractivity contribution in [3.63, 3.8) is 0 Å². The van der Waals surface area contributed by atoms with Crippen LogP contribution in [0.3, 0.4) is 0 Å². The Morgan fingerprint density at radius 3 is 2.63 bits per heavy atom. The predicted molar refractivity (Wildman–Crippen MR) is 72.5 cm³/mol. The van der Waals surface area contributed by atoms with Gasteiger partial charge >= 0.3 is 0 Å². The molecule has 0 spiro atoms. The van der Waals surface area contributed by atoms with Crippen LogP contribution in [0.1, 0.15) is 23.7 Å². The Hall–Kier alpha value is -1.94. The third-order valence-corrected chi connectivity index (χ3v) is 3.08. The highest BCUT2D eigenvalue weighted by molar-refractivity contribution is 6.07. The standard InChI is InChI=1S/C15H16FNO2/c1-2-10(18)9-17-15(19)13-7-8-14(16)12-6-4-3-5-11(12)13/h3-8,10,18H,2,9H2,1H3,(H,17,19). The maximum Gasteiger partial charge on any atom is 0.252 e. The van der Waals surface area contributed by atoms with Gasteiger partial charge in [-0.2, -0.15) is 0 Å². The molecule has 1 unspecified atom stereocenters. The quantitative estimate of drug-likeness (QED) is 0.888. The summed E-state index contributed by atoms with van der Waals surface area (Å²) in [6.45, 7) is 2.03. The molecule has 0 bridgehead atoms. The highest BCUT2D eigenvalue weighted by atomic mass is 19.1. The van der Waals surface area contributed by atoms with Crippen LogP contribution >= 0.6 is 0 Å². The molecule has 100 valence electrons. The minimum Gasteiger partial charge on any atom is -0.391 e. The van der Waals surface area contributed by atoms with Crippen molar-refractivity contribution in [3.8, 4) is 0 Å². The van der Waals surface area contributed by atoms with Crippen LogP contribution in [-0.4, -0.2) is 23.7 Å². The van der Waals surface area contributed by atoms with Gasteiger partial charge in [-0.3, -0.25) is 4.79 Å². The van der Waals surface area contributed by atoms with Crippen molar-refractivity contribution in [1.82, 2.24) is 5.32 Å². The number of aliphatic hydroxyl groups excluding tert-OH is 1. The van der Waals surface area contributed by atoms with Crippen LogP contribution in [0.25, 0.3) is 10.8 Å². The van der Waals surface area contributed by atoms with E-state index < -0.39 is 6.10 Å². The zero-order chi connectivity index (χ0) is 13.8. The second-order valence-corrected chi connectivity index (χ2v) is 4.41. The van der Waals surface area contributed by atoms with Gasteiger partial charge in [0.05, 0.1) is 6.10 Å². The molecule has 0 saturated heterocycles. The Labute approximate surface area is 111 Å². The number of rotatable bonds is 4. The lowest BCUT2D eigenvalue weighted by Gasteiger charge is -2.11. The summed E-state index contributed by atoms with van der Waals surface area (Å²) in [4.78, 5) is 12.0. The number of halogens is 1. The first-order valence-electron chi connectivity index (χ1n) is 6.27. The van der Waals surface area contributed by atoms with E-state index in [1.807, 2.05) is 6.92 Å². The zero-order valence-corrected chi connectivity index (χ0v) is 10.7. The van der Waals surface area contributed by atoms with Gasteiger partial charge in [-0.05, 0) is 23.9 Å². The Morgan fingerprint density at radius 2 is 1.95 bits per heavy atom. The van der Waals surface area contributed by atoms with Crippen molar-refractivity contribution >= 4 is 16.7 Å². The van der Waals surface area contributed by atoms with Crippen molar-refractivity contribution in [1.29, 1.82) is 0 Å². The van der Waals surface area contributed by atoms with E-state index in [0.29, 0.717) is 22.8 Å². The Morgan fingerprint density at radius 1 is 1.26 bits per heavy atom. The molecule has 0 aromatic heterocycles. The predicted octanol–water partition coefficient (Wildman–Crippen LogP) is 2.48. The molecule has 0 radical (unpaired) electrons. The number of aliphatic hydroxyl groups is 1. The number of benzene rings is 2. The summed E-state index contributed by atoms with van der Waals surface area (Å²) in [7, 11) is 0. The van der Waals surface area contributed by atoms with E-state index in [2.05, 4.69) is 5.32 Å². The maximum atomic E-state index is 13.6. The average Bonchev–Trinajstić information content (AvgIpc) is 2.45. The zero-order valence-electron chi connectivity index (χ0n) is 10.7. The average molecular weight is 261 g/mol. The molecular weight excluding hydrogens is 245 g/mol. The molecule has 3 nitrogen and oxygen atoms in total. The first-order chi connectivity index (χ1) is 9.13.